The number of carbonyl (C=O) groups is 2. The third-order valence-corrected chi connectivity index (χ3v) is 3.93. The summed E-state index contributed by atoms with van der Waals surface area (Å²) in [6.45, 7) is 7.45. The van der Waals surface area contributed by atoms with E-state index in [0.29, 0.717) is 32.0 Å². The van der Waals surface area contributed by atoms with Crippen molar-refractivity contribution in [1.82, 2.24) is 9.80 Å². The molecule has 0 saturated carbocycles. The van der Waals surface area contributed by atoms with Crippen molar-refractivity contribution in [2.24, 2.45) is 0 Å². The molecule has 2 saturated heterocycles. The van der Waals surface area contributed by atoms with Crippen LogP contribution in [0.3, 0.4) is 0 Å². The van der Waals surface area contributed by atoms with Crippen molar-refractivity contribution in [3.8, 4) is 0 Å². The monoisotopic (exact) mass is 270 g/mol. The molecule has 6 nitrogen and oxygen atoms in total. The number of carboxylic acids is 1. The molecule has 1 N–H and O–H groups in total. The first-order valence-corrected chi connectivity index (χ1v) is 6.90. The summed E-state index contributed by atoms with van der Waals surface area (Å²) in [5.41, 5.74) is 0. The van der Waals surface area contributed by atoms with Crippen molar-refractivity contribution in [3.05, 3.63) is 0 Å². The highest BCUT2D eigenvalue weighted by atomic mass is 16.5. The van der Waals surface area contributed by atoms with Crippen molar-refractivity contribution in [1.29, 1.82) is 0 Å². The number of rotatable bonds is 3. The normalized spacial score (nSPS) is 28.9. The van der Waals surface area contributed by atoms with E-state index in [-0.39, 0.29) is 5.91 Å². The van der Waals surface area contributed by atoms with Crippen LogP contribution in [0.4, 0.5) is 0 Å². The Hall–Kier alpha value is -1.14. The number of hydrogen-bond acceptors (Lipinski definition) is 4. The van der Waals surface area contributed by atoms with Gasteiger partial charge < -0.3 is 14.7 Å². The van der Waals surface area contributed by atoms with Crippen LogP contribution in [0, 0.1) is 0 Å². The number of aliphatic carboxylic acids is 1. The summed E-state index contributed by atoms with van der Waals surface area (Å²) in [6, 6.07) is 0.497. The molecule has 2 fully saturated rings. The highest BCUT2D eigenvalue weighted by Gasteiger charge is 2.37. The van der Waals surface area contributed by atoms with Crippen LogP contribution in [-0.2, 0) is 14.3 Å². The number of carbonyl (C=O) groups excluding carboxylic acids is 1. The van der Waals surface area contributed by atoms with Gasteiger partial charge in [0.05, 0.1) is 0 Å². The maximum Gasteiger partial charge on any atom is 0.332 e. The summed E-state index contributed by atoms with van der Waals surface area (Å²) in [5, 5.41) is 8.86. The molecule has 2 rings (SSSR count). The minimum absolute atomic E-state index is 0.0489. The first kappa shape index (κ1) is 14.3. The molecule has 0 aromatic carbocycles. The Morgan fingerprint density at radius 2 is 1.68 bits per heavy atom. The lowest BCUT2D eigenvalue weighted by molar-refractivity contribution is -0.155. The molecule has 1 amide bonds. The number of nitrogens with zero attached hydrogens (tertiary/aromatic N) is 2. The maximum atomic E-state index is 12.2. The number of hydrogen-bond donors (Lipinski definition) is 1. The first-order valence-electron chi connectivity index (χ1n) is 6.90. The van der Waals surface area contributed by atoms with Gasteiger partial charge >= 0.3 is 5.97 Å². The van der Waals surface area contributed by atoms with Crippen LogP contribution in [0.1, 0.15) is 26.7 Å². The van der Waals surface area contributed by atoms with Crippen LogP contribution in [-0.4, -0.2) is 71.2 Å². The maximum absolute atomic E-state index is 12.2. The summed E-state index contributed by atoms with van der Waals surface area (Å²) in [5.74, 6) is -1.02. The minimum atomic E-state index is -0.972. The zero-order chi connectivity index (χ0) is 14.0. The van der Waals surface area contributed by atoms with E-state index in [9.17, 15) is 9.59 Å². The molecule has 0 radical (unpaired) electrons. The Morgan fingerprint density at radius 3 is 2.16 bits per heavy atom. The molecule has 2 aliphatic rings. The third kappa shape index (κ3) is 3.25. The van der Waals surface area contributed by atoms with Crippen LogP contribution in [0.15, 0.2) is 0 Å². The Morgan fingerprint density at radius 1 is 1.11 bits per heavy atom. The van der Waals surface area contributed by atoms with Gasteiger partial charge in [0.1, 0.15) is 6.10 Å². The van der Waals surface area contributed by atoms with Crippen LogP contribution < -0.4 is 0 Å². The van der Waals surface area contributed by atoms with E-state index in [1.807, 2.05) is 0 Å². The second kappa shape index (κ2) is 5.88. The van der Waals surface area contributed by atoms with Gasteiger partial charge in [-0.25, -0.2) is 4.79 Å². The lowest BCUT2D eigenvalue weighted by Gasteiger charge is -2.37. The van der Waals surface area contributed by atoms with Gasteiger partial charge in [-0.15, -0.1) is 0 Å². The van der Waals surface area contributed by atoms with Crippen molar-refractivity contribution >= 4 is 11.9 Å². The molecule has 2 aliphatic heterocycles. The highest BCUT2D eigenvalue weighted by Crippen LogP contribution is 2.22. The summed E-state index contributed by atoms with van der Waals surface area (Å²) in [7, 11) is 0. The molecule has 19 heavy (non-hydrogen) atoms. The fraction of sp³-hybridized carbons (Fsp3) is 0.846. The van der Waals surface area contributed by atoms with Gasteiger partial charge in [0.15, 0.2) is 6.10 Å². The van der Waals surface area contributed by atoms with E-state index >= 15 is 0 Å². The average molecular weight is 270 g/mol. The van der Waals surface area contributed by atoms with Gasteiger partial charge in [0.2, 0.25) is 0 Å². The molecular weight excluding hydrogens is 248 g/mol. The second-order valence-electron chi connectivity index (χ2n) is 5.48. The number of ether oxygens (including phenoxy) is 1. The summed E-state index contributed by atoms with van der Waals surface area (Å²) >= 11 is 0. The van der Waals surface area contributed by atoms with Crippen LogP contribution in [0.2, 0.25) is 0 Å². The first-order chi connectivity index (χ1) is 8.99. The van der Waals surface area contributed by atoms with Gasteiger partial charge in [-0.3, -0.25) is 9.69 Å². The number of amides is 1. The van der Waals surface area contributed by atoms with E-state index in [1.54, 1.807) is 4.90 Å². The molecule has 0 aromatic heterocycles. The highest BCUT2D eigenvalue weighted by molar-refractivity contribution is 5.82. The summed E-state index contributed by atoms with van der Waals surface area (Å²) in [6.07, 6.45) is -0.435. The Balaban J connectivity index is 1.83. The van der Waals surface area contributed by atoms with E-state index < -0.39 is 18.2 Å². The van der Waals surface area contributed by atoms with Gasteiger partial charge in [0.25, 0.3) is 5.91 Å². The van der Waals surface area contributed by atoms with Gasteiger partial charge in [-0.2, -0.15) is 0 Å². The quantitative estimate of drug-likeness (QED) is 0.791. The van der Waals surface area contributed by atoms with E-state index in [2.05, 4.69) is 18.7 Å². The Kier molecular flexibility index (Phi) is 4.42. The molecule has 6 heteroatoms. The smallest absolute Gasteiger partial charge is 0.332 e. The van der Waals surface area contributed by atoms with E-state index in [4.69, 9.17) is 9.84 Å². The van der Waals surface area contributed by atoms with E-state index in [1.165, 1.54) is 0 Å². The molecule has 2 heterocycles. The summed E-state index contributed by atoms with van der Waals surface area (Å²) in [4.78, 5) is 27.2. The van der Waals surface area contributed by atoms with Gasteiger partial charge in [0, 0.05) is 32.2 Å². The average Bonchev–Trinajstić information content (AvgIpc) is 2.87. The topological polar surface area (TPSA) is 70.1 Å². The van der Waals surface area contributed by atoms with Crippen molar-refractivity contribution in [3.63, 3.8) is 0 Å². The number of carboxylic acid groups (broad SMARTS) is 1. The van der Waals surface area contributed by atoms with E-state index in [0.717, 1.165) is 13.1 Å². The molecule has 2 atom stereocenters. The minimum Gasteiger partial charge on any atom is -0.479 e. The van der Waals surface area contributed by atoms with Crippen LogP contribution in [0.5, 0.6) is 0 Å². The van der Waals surface area contributed by atoms with Gasteiger partial charge in [-0.1, -0.05) is 0 Å². The van der Waals surface area contributed by atoms with Crippen molar-refractivity contribution < 1.29 is 19.4 Å². The van der Waals surface area contributed by atoms with Crippen molar-refractivity contribution in [2.75, 3.05) is 26.2 Å². The summed E-state index contributed by atoms with van der Waals surface area (Å²) < 4.78 is 5.31. The standard InChI is InChI=1S/C13H22N2O4/c1-9(2)14-5-7-15(8-6-14)12(16)10-3-4-11(19-10)13(17)18/h9-11H,3-8H2,1-2H3,(H,17,18)/t10-,11+/m0/s1. The largest absolute Gasteiger partial charge is 0.479 e. The fourth-order valence-electron chi connectivity index (χ4n) is 2.66. The molecule has 0 bridgehead atoms. The molecule has 0 unspecified atom stereocenters. The zero-order valence-electron chi connectivity index (χ0n) is 11.5. The molecular formula is C13H22N2O4. The molecule has 0 aliphatic carbocycles. The predicted octanol–water partition coefficient (Wildman–Crippen LogP) is 0.171. The number of piperazine rings is 1. The lowest BCUT2D eigenvalue weighted by Crippen LogP contribution is -2.53. The fourth-order valence-corrected chi connectivity index (χ4v) is 2.66. The van der Waals surface area contributed by atoms with Gasteiger partial charge in [-0.05, 0) is 26.7 Å². The second-order valence-corrected chi connectivity index (χ2v) is 5.48. The molecule has 0 spiro atoms. The van der Waals surface area contributed by atoms with Crippen LogP contribution in [0.25, 0.3) is 0 Å². The SMILES string of the molecule is CC(C)N1CCN(C(=O)[C@@H]2CC[C@H](C(=O)O)O2)CC1. The zero-order valence-corrected chi connectivity index (χ0v) is 11.5. The Labute approximate surface area is 113 Å². The lowest BCUT2D eigenvalue weighted by atomic mass is 10.1. The molecule has 0 aromatic rings. The molecule has 108 valence electrons. The van der Waals surface area contributed by atoms with Crippen molar-refractivity contribution in [2.45, 2.75) is 44.9 Å². The van der Waals surface area contributed by atoms with Crippen LogP contribution >= 0.6 is 0 Å². The predicted molar refractivity (Wildman–Crippen MR) is 68.8 cm³/mol. The Bertz CT molecular complexity index is 351. The third-order valence-electron chi connectivity index (χ3n) is 3.93.